The van der Waals surface area contributed by atoms with Crippen LogP contribution in [-0.2, 0) is 23.1 Å². The number of rotatable bonds is 15. The number of anilines is 1. The Kier molecular flexibility index (Phi) is 14.7. The van der Waals surface area contributed by atoms with Gasteiger partial charge in [0.15, 0.2) is 0 Å². The van der Waals surface area contributed by atoms with Gasteiger partial charge in [-0.1, -0.05) is 76.3 Å². The van der Waals surface area contributed by atoms with Crippen LogP contribution >= 0.6 is 11.6 Å². The van der Waals surface area contributed by atoms with Gasteiger partial charge in [-0.15, -0.1) is 0 Å². The van der Waals surface area contributed by atoms with E-state index in [1.807, 2.05) is 24.3 Å². The van der Waals surface area contributed by atoms with Crippen LogP contribution in [0.4, 0.5) is 5.69 Å². The van der Waals surface area contributed by atoms with Crippen molar-refractivity contribution < 1.29 is 23.1 Å². The third-order valence-electron chi connectivity index (χ3n) is 10.4. The molecule has 4 rings (SSSR count). The molecule has 7 nitrogen and oxygen atoms in total. The molecule has 0 aromatic heterocycles. The summed E-state index contributed by atoms with van der Waals surface area (Å²) >= 11 is 6.35. The van der Waals surface area contributed by atoms with Crippen molar-refractivity contribution in [2.75, 3.05) is 18.0 Å². The zero-order valence-corrected chi connectivity index (χ0v) is 31.0. The number of halogens is 1. The Balaban J connectivity index is 1.62. The second-order valence-corrected chi connectivity index (χ2v) is 16.3. The predicted molar refractivity (Wildman–Crippen MR) is 197 cm³/mol. The largest absolute Gasteiger partial charge is 0.487 e. The van der Waals surface area contributed by atoms with E-state index in [9.17, 15) is 18.3 Å². The molecule has 2 N–H and O–H groups in total. The van der Waals surface area contributed by atoms with Gasteiger partial charge in [0.1, 0.15) is 12.4 Å². The fourth-order valence-electron chi connectivity index (χ4n) is 7.16. The highest BCUT2D eigenvalue weighted by Gasteiger charge is 2.37. The minimum atomic E-state index is -3.89. The summed E-state index contributed by atoms with van der Waals surface area (Å²) in [7, 11) is -3.89. The van der Waals surface area contributed by atoms with Gasteiger partial charge in [-0.3, -0.25) is 4.79 Å². The number of hydrogen-bond acceptors (Lipinski definition) is 6. The fourth-order valence-corrected chi connectivity index (χ4v) is 8.70. The molecule has 1 aliphatic carbocycles. The van der Waals surface area contributed by atoms with E-state index in [4.69, 9.17) is 16.3 Å². The summed E-state index contributed by atoms with van der Waals surface area (Å²) in [4.78, 5) is 15.9. The van der Waals surface area contributed by atoms with Crippen LogP contribution < -0.4 is 14.4 Å². The Morgan fingerprint density at radius 2 is 1.88 bits per heavy atom. The van der Waals surface area contributed by atoms with Gasteiger partial charge in [-0.2, -0.15) is 0 Å². The Bertz CT molecular complexity index is 1480. The van der Waals surface area contributed by atoms with E-state index in [1.54, 1.807) is 25.1 Å². The first-order chi connectivity index (χ1) is 23.1. The zero-order chi connectivity index (χ0) is 34.7. The van der Waals surface area contributed by atoms with Gasteiger partial charge in [-0.25, -0.2) is 13.1 Å². The van der Waals surface area contributed by atoms with Crippen molar-refractivity contribution in [2.24, 2.45) is 17.8 Å². The lowest BCUT2D eigenvalue weighted by Gasteiger charge is -2.42. The maximum Gasteiger partial charge on any atom is 0.264 e. The van der Waals surface area contributed by atoms with Gasteiger partial charge in [0.2, 0.25) is 10.0 Å². The van der Waals surface area contributed by atoms with Gasteiger partial charge in [0.05, 0.1) is 17.0 Å². The molecule has 1 saturated carbocycles. The number of carbonyl (C=O) groups is 1. The Labute approximate surface area is 294 Å². The second-order valence-electron chi connectivity index (χ2n) is 13.9. The molecule has 5 atom stereocenters. The first-order valence-electron chi connectivity index (χ1n) is 18.3. The molecule has 0 saturated heterocycles. The van der Waals surface area contributed by atoms with Crippen LogP contribution in [0.15, 0.2) is 48.6 Å². The van der Waals surface area contributed by atoms with Crippen molar-refractivity contribution in [3.05, 3.63) is 70.3 Å². The van der Waals surface area contributed by atoms with E-state index in [1.165, 1.54) is 5.56 Å². The Morgan fingerprint density at radius 1 is 1.06 bits per heavy atom. The first kappa shape index (κ1) is 38.3. The van der Waals surface area contributed by atoms with Gasteiger partial charge in [0, 0.05) is 23.7 Å². The smallest absolute Gasteiger partial charge is 0.264 e. The number of aliphatic hydroxyl groups excluding tert-OH is 1. The van der Waals surface area contributed by atoms with Gasteiger partial charge in [0.25, 0.3) is 5.91 Å². The lowest BCUT2D eigenvalue weighted by molar-refractivity contribution is 0.0461. The van der Waals surface area contributed by atoms with E-state index < -0.39 is 27.3 Å². The SMILES string of the molecule is CCC/C=C/[C@H](O)[C@@H]1CC[C@H]1CN1CCCCc2cc(Cl)ccc2COc2ccc(C(=O)NS(=O)(=O)[C@@H](C)[C@@H](CCC)CCCC)cc21. The summed E-state index contributed by atoms with van der Waals surface area (Å²) in [5, 5.41) is 11.0. The summed E-state index contributed by atoms with van der Waals surface area (Å²) in [6, 6.07) is 11.2. The molecule has 0 unspecified atom stereocenters. The molecule has 0 bridgehead atoms. The third-order valence-corrected chi connectivity index (χ3v) is 12.4. The lowest BCUT2D eigenvalue weighted by atomic mass is 9.70. The molecular weight excluding hydrogens is 644 g/mol. The summed E-state index contributed by atoms with van der Waals surface area (Å²) in [5.41, 5.74) is 3.31. The monoisotopic (exact) mass is 700 g/mol. The number of fused-ring (bicyclic) bond motifs is 2. The average molecular weight is 701 g/mol. The normalized spacial score (nSPS) is 20.4. The van der Waals surface area contributed by atoms with Crippen LogP contribution in [0.1, 0.15) is 120 Å². The molecule has 266 valence electrons. The number of aryl methyl sites for hydroxylation is 1. The third kappa shape index (κ3) is 10.2. The topological polar surface area (TPSA) is 95.9 Å². The number of benzene rings is 2. The maximum absolute atomic E-state index is 13.6. The number of nitrogens with zero attached hydrogens (tertiary/aromatic N) is 1. The van der Waals surface area contributed by atoms with Crippen molar-refractivity contribution in [1.82, 2.24) is 4.72 Å². The summed E-state index contributed by atoms with van der Waals surface area (Å²) in [5.74, 6) is 0.485. The average Bonchev–Trinajstić information content (AvgIpc) is 3.07. The van der Waals surface area contributed by atoms with Crippen LogP contribution in [0.25, 0.3) is 0 Å². The Morgan fingerprint density at radius 3 is 2.58 bits per heavy atom. The second kappa shape index (κ2) is 18.4. The number of aliphatic hydroxyl groups is 1. The summed E-state index contributed by atoms with van der Waals surface area (Å²) in [6.07, 6.45) is 14.8. The zero-order valence-electron chi connectivity index (χ0n) is 29.4. The van der Waals surface area contributed by atoms with E-state index in [-0.39, 0.29) is 23.3 Å². The number of carbonyl (C=O) groups excluding carboxylic acids is 1. The first-order valence-corrected chi connectivity index (χ1v) is 20.2. The molecule has 1 aliphatic heterocycles. The molecule has 1 heterocycles. The quantitative estimate of drug-likeness (QED) is 0.180. The number of sulfonamides is 1. The van der Waals surface area contributed by atoms with Gasteiger partial charge < -0.3 is 14.7 Å². The van der Waals surface area contributed by atoms with Crippen LogP contribution in [-0.4, -0.2) is 43.9 Å². The molecule has 1 fully saturated rings. The number of unbranched alkanes of at least 4 members (excludes halogenated alkanes) is 2. The van der Waals surface area contributed by atoms with Crippen LogP contribution in [0.3, 0.4) is 0 Å². The van der Waals surface area contributed by atoms with Gasteiger partial charge >= 0.3 is 0 Å². The summed E-state index contributed by atoms with van der Waals surface area (Å²) < 4.78 is 35.9. The van der Waals surface area contributed by atoms with Crippen molar-refractivity contribution in [1.29, 1.82) is 0 Å². The van der Waals surface area contributed by atoms with E-state index in [0.717, 1.165) is 101 Å². The molecule has 9 heteroatoms. The minimum Gasteiger partial charge on any atom is -0.487 e. The highest BCUT2D eigenvalue weighted by atomic mass is 35.5. The maximum atomic E-state index is 13.6. The van der Waals surface area contributed by atoms with Gasteiger partial charge in [-0.05, 0) is 118 Å². The molecule has 1 amide bonds. The van der Waals surface area contributed by atoms with E-state index >= 15 is 0 Å². The molecule has 48 heavy (non-hydrogen) atoms. The number of hydrogen-bond donors (Lipinski definition) is 2. The predicted octanol–water partition coefficient (Wildman–Crippen LogP) is 8.86. The fraction of sp³-hybridized carbons (Fsp3) is 0.615. The molecule has 2 aromatic carbocycles. The number of allylic oxidation sites excluding steroid dienone is 1. The van der Waals surface area contributed by atoms with Crippen molar-refractivity contribution >= 4 is 33.2 Å². The van der Waals surface area contributed by atoms with Crippen LogP contribution in [0.5, 0.6) is 5.75 Å². The molecular formula is C39H57ClN2O5S. The van der Waals surface area contributed by atoms with Crippen molar-refractivity contribution in [3.8, 4) is 5.75 Å². The molecule has 0 spiro atoms. The van der Waals surface area contributed by atoms with Crippen molar-refractivity contribution in [2.45, 2.75) is 123 Å². The van der Waals surface area contributed by atoms with Crippen molar-refractivity contribution in [3.63, 3.8) is 0 Å². The Hall–Kier alpha value is -2.55. The number of amides is 1. The highest BCUT2D eigenvalue weighted by molar-refractivity contribution is 7.90. The molecule has 0 radical (unpaired) electrons. The standard InChI is InChI=1S/C39H57ClN2O5S/c1-5-8-10-16-37(43)35-21-18-32(35)26-42-23-12-11-15-30-24-34(40)20-17-33(30)27-47-38-22-19-31(25-36(38)42)39(44)41-48(45,46)28(4)29(13-7-3)14-9-6-2/h10,16-17,19-20,22,24-25,28-29,32,35,37,43H,5-9,11-15,18,21,23,26-27H2,1-4H3,(H,41,44)/b16-10+/t28-,29-,32-,35+,37-/m0/s1. The van der Waals surface area contributed by atoms with E-state index in [2.05, 4.69) is 36.5 Å². The number of ether oxygens (including phenoxy) is 1. The molecule has 2 aliphatic rings. The molecule has 2 aromatic rings. The van der Waals surface area contributed by atoms with Crippen LogP contribution in [0.2, 0.25) is 5.02 Å². The lowest BCUT2D eigenvalue weighted by Crippen LogP contribution is -2.43. The van der Waals surface area contributed by atoms with E-state index in [0.29, 0.717) is 17.4 Å². The number of nitrogens with one attached hydrogen (secondary N) is 1. The minimum absolute atomic E-state index is 0.00286. The van der Waals surface area contributed by atoms with Crippen LogP contribution in [0, 0.1) is 17.8 Å². The highest BCUT2D eigenvalue weighted by Crippen LogP contribution is 2.41. The summed E-state index contributed by atoms with van der Waals surface area (Å²) in [6.45, 7) is 9.85.